The van der Waals surface area contributed by atoms with Gasteiger partial charge in [-0.05, 0) is 47.8 Å². The van der Waals surface area contributed by atoms with Crippen LogP contribution in [0.5, 0.6) is 0 Å². The summed E-state index contributed by atoms with van der Waals surface area (Å²) in [6.07, 6.45) is 8.61. The van der Waals surface area contributed by atoms with Crippen LogP contribution < -0.4 is 4.90 Å². The normalized spacial score (nSPS) is 22.7. The molecule has 1 aliphatic heterocycles. The average Bonchev–Trinajstić information content (AvgIpc) is 2.56. The highest BCUT2D eigenvalue weighted by atomic mass is 79.9. The Labute approximate surface area is 118 Å². The Hall–Kier alpha value is -0.570. The van der Waals surface area contributed by atoms with Crippen LogP contribution in [0.3, 0.4) is 0 Å². The molecule has 2 aliphatic rings. The maximum absolute atomic E-state index is 4.68. The maximum atomic E-state index is 4.68. The molecule has 1 saturated carbocycles. The van der Waals surface area contributed by atoms with Crippen molar-refractivity contribution >= 4 is 21.7 Å². The molecule has 2 nitrogen and oxygen atoms in total. The molecule has 0 radical (unpaired) electrons. The van der Waals surface area contributed by atoms with Gasteiger partial charge in [0.2, 0.25) is 0 Å². The highest BCUT2D eigenvalue weighted by Gasteiger charge is 2.43. The van der Waals surface area contributed by atoms with Gasteiger partial charge < -0.3 is 4.90 Å². The third-order valence-electron chi connectivity index (χ3n) is 4.55. The van der Waals surface area contributed by atoms with Crippen molar-refractivity contribution in [3.05, 3.63) is 22.3 Å². The van der Waals surface area contributed by atoms with Gasteiger partial charge in [0.15, 0.2) is 0 Å². The van der Waals surface area contributed by atoms with E-state index in [1.807, 2.05) is 0 Å². The number of pyridine rings is 1. The summed E-state index contributed by atoms with van der Waals surface area (Å²) >= 11 is 3.52. The van der Waals surface area contributed by atoms with Gasteiger partial charge in [-0.2, -0.15) is 0 Å². The fourth-order valence-corrected chi connectivity index (χ4v) is 3.65. The van der Waals surface area contributed by atoms with Crippen LogP contribution in [-0.4, -0.2) is 18.1 Å². The summed E-state index contributed by atoms with van der Waals surface area (Å²) < 4.78 is 1.11. The van der Waals surface area contributed by atoms with Crippen LogP contribution in [-0.2, 0) is 0 Å². The van der Waals surface area contributed by atoms with Gasteiger partial charge in [-0.15, -0.1) is 0 Å². The van der Waals surface area contributed by atoms with Gasteiger partial charge in [0.25, 0.3) is 0 Å². The van der Waals surface area contributed by atoms with Gasteiger partial charge in [-0.25, -0.2) is 4.98 Å². The highest BCUT2D eigenvalue weighted by Crippen LogP contribution is 2.44. The van der Waals surface area contributed by atoms with Crippen molar-refractivity contribution in [2.75, 3.05) is 18.0 Å². The minimum absolute atomic E-state index is 0.624. The van der Waals surface area contributed by atoms with Crippen molar-refractivity contribution in [2.45, 2.75) is 45.4 Å². The molecule has 0 amide bonds. The lowest BCUT2D eigenvalue weighted by Gasteiger charge is -2.51. The van der Waals surface area contributed by atoms with Gasteiger partial charge in [-0.3, -0.25) is 0 Å². The number of hydrogen-bond donors (Lipinski definition) is 0. The number of anilines is 1. The molecule has 1 aromatic heterocycles. The van der Waals surface area contributed by atoms with E-state index >= 15 is 0 Å². The van der Waals surface area contributed by atoms with Gasteiger partial charge in [-0.1, -0.05) is 25.7 Å². The minimum atomic E-state index is 0.624. The quantitative estimate of drug-likeness (QED) is 0.768. The molecule has 0 aromatic carbocycles. The Kier molecular flexibility index (Phi) is 3.35. The smallest absolute Gasteiger partial charge is 0.128 e. The van der Waals surface area contributed by atoms with E-state index in [2.05, 4.69) is 44.9 Å². The van der Waals surface area contributed by atoms with E-state index in [9.17, 15) is 0 Å². The lowest BCUT2D eigenvalue weighted by atomic mass is 9.73. The van der Waals surface area contributed by atoms with Crippen LogP contribution in [0.1, 0.15) is 44.2 Å². The van der Waals surface area contributed by atoms with Crippen molar-refractivity contribution in [3.63, 3.8) is 0 Å². The lowest BCUT2D eigenvalue weighted by molar-refractivity contribution is 0.179. The van der Waals surface area contributed by atoms with E-state index in [1.165, 1.54) is 51.6 Å². The molecule has 0 unspecified atom stereocenters. The van der Waals surface area contributed by atoms with Crippen LogP contribution >= 0.6 is 15.9 Å². The van der Waals surface area contributed by atoms with Crippen molar-refractivity contribution in [2.24, 2.45) is 5.41 Å². The van der Waals surface area contributed by atoms with E-state index < -0.39 is 0 Å². The van der Waals surface area contributed by atoms with Gasteiger partial charge in [0.1, 0.15) is 5.82 Å². The largest absolute Gasteiger partial charge is 0.355 e. The Bertz CT molecular complexity index is 428. The van der Waals surface area contributed by atoms with Gasteiger partial charge in [0.05, 0.1) is 5.69 Å². The first kappa shape index (κ1) is 12.5. The average molecular weight is 309 g/mol. The molecule has 2 heterocycles. The predicted octanol–water partition coefficient (Wildman–Crippen LogP) is 4.31. The molecule has 98 valence electrons. The SMILES string of the molecule is Cc1nc(N2CC3(CCCCCC3)C2)ccc1Br. The molecule has 2 fully saturated rings. The van der Waals surface area contributed by atoms with Crippen LogP contribution in [0.4, 0.5) is 5.82 Å². The van der Waals surface area contributed by atoms with Crippen LogP contribution in [0.2, 0.25) is 0 Å². The summed E-state index contributed by atoms with van der Waals surface area (Å²) in [5.41, 5.74) is 1.72. The van der Waals surface area contributed by atoms with Crippen LogP contribution in [0.25, 0.3) is 0 Å². The molecule has 1 aliphatic carbocycles. The number of rotatable bonds is 1. The fourth-order valence-electron chi connectivity index (χ4n) is 3.43. The molecule has 0 N–H and O–H groups in total. The summed E-state index contributed by atoms with van der Waals surface area (Å²) in [4.78, 5) is 7.12. The third kappa shape index (κ3) is 2.29. The van der Waals surface area contributed by atoms with Crippen molar-refractivity contribution in [3.8, 4) is 0 Å². The molecule has 3 heteroatoms. The standard InChI is InChI=1S/C15H21BrN2/c1-12-13(16)6-7-14(17-12)18-10-15(11-18)8-4-2-3-5-9-15/h6-7H,2-5,8-11H2,1H3. The zero-order valence-corrected chi connectivity index (χ0v) is 12.7. The van der Waals surface area contributed by atoms with Gasteiger partial charge in [0, 0.05) is 23.0 Å². The highest BCUT2D eigenvalue weighted by molar-refractivity contribution is 9.10. The molecular formula is C15H21BrN2. The van der Waals surface area contributed by atoms with Crippen molar-refractivity contribution in [1.29, 1.82) is 0 Å². The number of hydrogen-bond acceptors (Lipinski definition) is 2. The van der Waals surface area contributed by atoms with Crippen molar-refractivity contribution in [1.82, 2.24) is 4.98 Å². The van der Waals surface area contributed by atoms with Crippen LogP contribution in [0, 0.1) is 12.3 Å². The van der Waals surface area contributed by atoms with Gasteiger partial charge >= 0.3 is 0 Å². The fraction of sp³-hybridized carbons (Fsp3) is 0.667. The molecule has 18 heavy (non-hydrogen) atoms. The molecule has 0 atom stereocenters. The Morgan fingerprint density at radius 3 is 2.39 bits per heavy atom. The van der Waals surface area contributed by atoms with E-state index in [-0.39, 0.29) is 0 Å². The molecule has 3 rings (SSSR count). The molecule has 1 spiro atoms. The number of aryl methyl sites for hydroxylation is 1. The Morgan fingerprint density at radius 1 is 1.11 bits per heavy atom. The summed E-state index contributed by atoms with van der Waals surface area (Å²) in [7, 11) is 0. The van der Waals surface area contributed by atoms with E-state index in [0.717, 1.165) is 16.0 Å². The van der Waals surface area contributed by atoms with Crippen molar-refractivity contribution < 1.29 is 0 Å². The first-order chi connectivity index (χ1) is 8.69. The minimum Gasteiger partial charge on any atom is -0.355 e. The second-order valence-electron chi connectivity index (χ2n) is 6.01. The second-order valence-corrected chi connectivity index (χ2v) is 6.86. The molecule has 1 aromatic rings. The van der Waals surface area contributed by atoms with E-state index in [4.69, 9.17) is 0 Å². The topological polar surface area (TPSA) is 16.1 Å². The zero-order valence-electron chi connectivity index (χ0n) is 11.1. The molecule has 0 bridgehead atoms. The molecular weight excluding hydrogens is 288 g/mol. The first-order valence-corrected chi connectivity index (χ1v) is 7.86. The summed E-state index contributed by atoms with van der Waals surface area (Å²) in [6.45, 7) is 4.51. The van der Waals surface area contributed by atoms with E-state index in [1.54, 1.807) is 0 Å². The lowest BCUT2D eigenvalue weighted by Crippen LogP contribution is -2.56. The van der Waals surface area contributed by atoms with Crippen LogP contribution in [0.15, 0.2) is 16.6 Å². The summed E-state index contributed by atoms with van der Waals surface area (Å²) in [6, 6.07) is 4.26. The number of nitrogens with zero attached hydrogens (tertiary/aromatic N) is 2. The Balaban J connectivity index is 1.68. The molecule has 1 saturated heterocycles. The summed E-state index contributed by atoms with van der Waals surface area (Å²) in [5.74, 6) is 1.16. The number of halogens is 1. The second kappa shape index (κ2) is 4.84. The monoisotopic (exact) mass is 308 g/mol. The van der Waals surface area contributed by atoms with E-state index in [0.29, 0.717) is 5.41 Å². The Morgan fingerprint density at radius 2 is 1.78 bits per heavy atom. The third-order valence-corrected chi connectivity index (χ3v) is 5.39. The number of aromatic nitrogens is 1. The predicted molar refractivity (Wildman–Crippen MR) is 79.0 cm³/mol. The summed E-state index contributed by atoms with van der Waals surface area (Å²) in [5, 5.41) is 0. The maximum Gasteiger partial charge on any atom is 0.128 e. The first-order valence-electron chi connectivity index (χ1n) is 7.07. The zero-order chi connectivity index (χ0) is 12.6.